The van der Waals surface area contributed by atoms with Crippen molar-refractivity contribution in [2.24, 2.45) is 0 Å². The normalized spacial score (nSPS) is 5.00. The first-order chi connectivity index (χ1) is 1.91. The van der Waals surface area contributed by atoms with Crippen molar-refractivity contribution in [2.45, 2.75) is 20.3 Å². The Labute approximate surface area is 82.2 Å². The monoisotopic (exact) mass is 104 g/mol. The van der Waals surface area contributed by atoms with Gasteiger partial charge < -0.3 is 6.42 Å². The van der Waals surface area contributed by atoms with Crippen LogP contribution >= 0.6 is 0 Å². The fraction of sp³-hybridized carbons (Fsp3) is 0.750. The van der Waals surface area contributed by atoms with Gasteiger partial charge in [-0.25, -0.2) is 0 Å². The average Bonchev–Trinajstić information content (AvgIpc) is 1.37. The van der Waals surface area contributed by atoms with Crippen LogP contribution in [0.15, 0.2) is 0 Å². The third-order valence-corrected chi connectivity index (χ3v) is 0.408. The average molecular weight is 104 g/mol. The molecule has 0 aromatic heterocycles. The van der Waals surface area contributed by atoms with Crippen LogP contribution in [0.25, 0.3) is 0 Å². The van der Waals surface area contributed by atoms with Crippen LogP contribution in [0.4, 0.5) is 0 Å². The van der Waals surface area contributed by atoms with E-state index in [2.05, 4.69) is 20.3 Å². The smallest absolute Gasteiger partial charge is 0.332 e. The van der Waals surface area contributed by atoms with E-state index in [1.54, 1.807) is 0 Å². The Balaban J connectivity index is -0.0000000450. The number of hydrogen-bond acceptors (Lipinski definition) is 0. The predicted molar refractivity (Wildman–Crippen MR) is 20.3 cm³/mol. The number of rotatable bonds is 1. The van der Waals surface area contributed by atoms with Crippen molar-refractivity contribution in [3.63, 3.8) is 0 Å². The van der Waals surface area contributed by atoms with Gasteiger partial charge in [-0.15, -0.1) is 0 Å². The van der Waals surface area contributed by atoms with Gasteiger partial charge in [-0.2, -0.15) is 13.3 Å². The first kappa shape index (κ1) is 15.7. The van der Waals surface area contributed by atoms with Crippen molar-refractivity contribution in [3.05, 3.63) is 6.42 Å². The fourth-order valence-corrected chi connectivity index (χ4v) is 0. The number of hydrogen-bond donors (Lipinski definition) is 0. The fourth-order valence-electron chi connectivity index (χ4n) is 0. The van der Waals surface area contributed by atoms with Gasteiger partial charge in [0.05, 0.1) is 0 Å². The van der Waals surface area contributed by atoms with Crippen LogP contribution in [0.1, 0.15) is 20.3 Å². The van der Waals surface area contributed by atoms with Crippen molar-refractivity contribution in [1.29, 1.82) is 0 Å². The van der Waals surface area contributed by atoms with Crippen molar-refractivity contribution >= 4 is 0 Å². The molecule has 0 heterocycles. The molecule has 0 aliphatic heterocycles. The maximum atomic E-state index is 2.12. The summed E-state index contributed by atoms with van der Waals surface area (Å²) >= 11 is 0. The van der Waals surface area contributed by atoms with E-state index in [4.69, 9.17) is 0 Å². The largest absolute Gasteiger partial charge is 1.00 e. The Bertz CT molecular complexity index is 9.51. The topological polar surface area (TPSA) is 0 Å². The van der Waals surface area contributed by atoms with Gasteiger partial charge in [0, 0.05) is 37.7 Å². The Kier molecular flexibility index (Phi) is 41.3. The van der Waals surface area contributed by atoms with Crippen LogP contribution in [0.3, 0.4) is 0 Å². The summed E-state index contributed by atoms with van der Waals surface area (Å²) < 4.78 is 0. The van der Waals surface area contributed by atoms with Gasteiger partial charge in [-0.3, -0.25) is 0 Å². The molecule has 6 heavy (non-hydrogen) atoms. The zero-order valence-electron chi connectivity index (χ0n) is 4.64. The molecule has 34 valence electrons. The predicted octanol–water partition coefficient (Wildman–Crippen LogP) is -1.38. The molecule has 0 unspecified atom stereocenters. The Hall–Kier alpha value is 1.86. The molecule has 0 rings (SSSR count). The quantitative estimate of drug-likeness (QED) is 0.284. The van der Waals surface area contributed by atoms with Crippen LogP contribution in [0, 0.1) is 44.2 Å². The molecule has 0 spiro atoms. The van der Waals surface area contributed by atoms with Crippen molar-refractivity contribution < 1.29 is 56.6 Å². The first-order valence-corrected chi connectivity index (χ1v) is 1.69. The van der Waals surface area contributed by atoms with E-state index in [1.807, 2.05) is 0 Å². The summed E-state index contributed by atoms with van der Waals surface area (Å²) in [4.78, 5) is 0. The van der Waals surface area contributed by atoms with Gasteiger partial charge in [0.2, 0.25) is 0 Å². The SMILES string of the molecule is C[CH-]CC.[Ar].[Li+]. The summed E-state index contributed by atoms with van der Waals surface area (Å²) in [7, 11) is 0. The molecule has 0 atom stereocenters. The van der Waals surface area contributed by atoms with E-state index in [-0.39, 0.29) is 56.6 Å². The molecule has 0 nitrogen and oxygen atoms in total. The van der Waals surface area contributed by atoms with E-state index >= 15 is 0 Å². The van der Waals surface area contributed by atoms with Crippen LogP contribution in [0.5, 0.6) is 0 Å². The van der Waals surface area contributed by atoms with Crippen LogP contribution in [-0.4, -0.2) is 0 Å². The van der Waals surface area contributed by atoms with E-state index in [1.165, 1.54) is 6.42 Å². The van der Waals surface area contributed by atoms with Crippen LogP contribution in [0.2, 0.25) is 0 Å². The zero-order chi connectivity index (χ0) is 3.41. The minimum atomic E-state index is 0. The first-order valence-electron chi connectivity index (χ1n) is 1.69. The van der Waals surface area contributed by atoms with Crippen LogP contribution < -0.4 is 18.9 Å². The van der Waals surface area contributed by atoms with Gasteiger partial charge in [0.1, 0.15) is 0 Å². The Morgan fingerprint density at radius 3 is 1.67 bits per heavy atom. The summed E-state index contributed by atoms with van der Waals surface area (Å²) in [5.41, 5.74) is 0. The Morgan fingerprint density at radius 1 is 1.50 bits per heavy atom. The molecule has 0 fully saturated rings. The maximum absolute atomic E-state index is 2.12. The summed E-state index contributed by atoms with van der Waals surface area (Å²) in [6, 6.07) is 0. The molecule has 0 radical (unpaired) electrons. The molecule has 0 aliphatic carbocycles. The standard InChI is InChI=1S/C4H9.Ar.Li/c1-3-4-2;;/h3H,4H2,1-2H3;;/q-1;;+1. The minimum Gasteiger partial charge on any atom is -0.332 e. The van der Waals surface area contributed by atoms with Crippen LogP contribution in [-0.2, 0) is 0 Å². The summed E-state index contributed by atoms with van der Waals surface area (Å²) in [6.45, 7) is 4.18. The van der Waals surface area contributed by atoms with Gasteiger partial charge in [0.15, 0.2) is 0 Å². The second-order valence-corrected chi connectivity index (χ2v) is 0.816. The molecule has 0 amide bonds. The molecular weight excluding hydrogens is 94.9 g/mol. The van der Waals surface area contributed by atoms with Gasteiger partial charge >= 0.3 is 18.9 Å². The van der Waals surface area contributed by atoms with Gasteiger partial charge in [-0.05, 0) is 0 Å². The van der Waals surface area contributed by atoms with Gasteiger partial charge in [-0.1, -0.05) is 6.92 Å². The summed E-state index contributed by atoms with van der Waals surface area (Å²) in [6.07, 6.45) is 3.32. The third-order valence-electron chi connectivity index (χ3n) is 0.408. The molecule has 0 saturated carbocycles. The molecular formula is C4H9ArLi. The number of unbranched alkanes of at least 4 members (excludes halogenated alkanes) is 1. The summed E-state index contributed by atoms with van der Waals surface area (Å²) in [5.74, 6) is 0. The molecule has 0 saturated heterocycles. The second-order valence-electron chi connectivity index (χ2n) is 0.816. The van der Waals surface area contributed by atoms with Gasteiger partial charge in [0.25, 0.3) is 0 Å². The third kappa shape index (κ3) is 16.9. The van der Waals surface area contributed by atoms with Crippen molar-refractivity contribution in [3.8, 4) is 0 Å². The molecule has 2 heteroatoms. The Morgan fingerprint density at radius 2 is 1.67 bits per heavy atom. The zero-order valence-corrected chi connectivity index (χ0v) is 5.35. The molecule has 0 aromatic rings. The van der Waals surface area contributed by atoms with E-state index in [0.717, 1.165) is 0 Å². The molecule has 0 aliphatic rings. The molecule has 0 N–H and O–H groups in total. The minimum absolute atomic E-state index is 0. The van der Waals surface area contributed by atoms with Crippen molar-refractivity contribution in [1.82, 2.24) is 0 Å². The van der Waals surface area contributed by atoms with E-state index in [9.17, 15) is 0 Å². The molecule has 0 aromatic carbocycles. The maximum Gasteiger partial charge on any atom is 1.00 e. The molecule has 0 bridgehead atoms. The van der Waals surface area contributed by atoms with E-state index < -0.39 is 0 Å². The second kappa shape index (κ2) is 15.8. The summed E-state index contributed by atoms with van der Waals surface area (Å²) in [5, 5.41) is 0. The van der Waals surface area contributed by atoms with Crippen molar-refractivity contribution in [2.75, 3.05) is 0 Å². The van der Waals surface area contributed by atoms with E-state index in [0.29, 0.717) is 0 Å².